The molecule has 1 amide bonds. The number of carbonyl (C=O) groups is 1. The standard InChI is InChI=1S/C19H28N2O3/c1-2-17(20-19(22)16-8-10-23-14-16)18-13-21(9-11-24-18)12-15-6-4-3-5-7-15/h3-7,16-18H,2,8-14H2,1H3,(H,20,22)/t16-,17-,18-/m0/s1. The van der Waals surface area contributed by atoms with Gasteiger partial charge in [0.1, 0.15) is 0 Å². The fourth-order valence-corrected chi connectivity index (χ4v) is 3.46. The van der Waals surface area contributed by atoms with E-state index in [1.165, 1.54) is 5.56 Å². The van der Waals surface area contributed by atoms with E-state index in [1.807, 2.05) is 6.07 Å². The van der Waals surface area contributed by atoms with E-state index in [0.717, 1.165) is 39.1 Å². The maximum Gasteiger partial charge on any atom is 0.225 e. The predicted molar refractivity (Wildman–Crippen MR) is 92.6 cm³/mol. The lowest BCUT2D eigenvalue weighted by Gasteiger charge is -2.37. The summed E-state index contributed by atoms with van der Waals surface area (Å²) in [6.45, 7) is 6.79. The van der Waals surface area contributed by atoms with Crippen LogP contribution in [-0.2, 0) is 20.8 Å². The second-order valence-electron chi connectivity index (χ2n) is 6.71. The highest BCUT2D eigenvalue weighted by Crippen LogP contribution is 2.17. The van der Waals surface area contributed by atoms with Gasteiger partial charge in [0.05, 0.1) is 31.3 Å². The molecule has 1 aromatic carbocycles. The maximum absolute atomic E-state index is 12.4. The second kappa shape index (κ2) is 8.60. The van der Waals surface area contributed by atoms with Crippen LogP contribution in [0.3, 0.4) is 0 Å². The molecule has 5 heteroatoms. The number of nitrogens with one attached hydrogen (secondary N) is 1. The van der Waals surface area contributed by atoms with Crippen molar-refractivity contribution in [2.75, 3.05) is 32.9 Å². The van der Waals surface area contributed by atoms with E-state index in [2.05, 4.69) is 41.4 Å². The molecule has 0 saturated carbocycles. The third kappa shape index (κ3) is 4.56. The quantitative estimate of drug-likeness (QED) is 0.863. The molecule has 24 heavy (non-hydrogen) atoms. The van der Waals surface area contributed by atoms with Crippen LogP contribution in [-0.4, -0.2) is 55.9 Å². The van der Waals surface area contributed by atoms with Crippen LogP contribution in [0.2, 0.25) is 0 Å². The van der Waals surface area contributed by atoms with Gasteiger partial charge in [-0.1, -0.05) is 37.3 Å². The van der Waals surface area contributed by atoms with E-state index in [0.29, 0.717) is 13.2 Å². The topological polar surface area (TPSA) is 50.8 Å². The van der Waals surface area contributed by atoms with Crippen LogP contribution in [0.5, 0.6) is 0 Å². The Morgan fingerprint density at radius 2 is 2.17 bits per heavy atom. The minimum absolute atomic E-state index is 0.00284. The lowest BCUT2D eigenvalue weighted by atomic mass is 10.0. The first-order valence-corrected chi connectivity index (χ1v) is 9.02. The number of carbonyl (C=O) groups excluding carboxylic acids is 1. The number of morpholine rings is 1. The smallest absolute Gasteiger partial charge is 0.225 e. The summed E-state index contributed by atoms with van der Waals surface area (Å²) in [4.78, 5) is 14.8. The Labute approximate surface area is 144 Å². The molecule has 1 aromatic rings. The molecule has 132 valence electrons. The van der Waals surface area contributed by atoms with Gasteiger partial charge >= 0.3 is 0 Å². The summed E-state index contributed by atoms with van der Waals surface area (Å²) >= 11 is 0. The molecule has 0 spiro atoms. The molecule has 3 rings (SSSR count). The summed E-state index contributed by atoms with van der Waals surface area (Å²) < 4.78 is 11.3. The van der Waals surface area contributed by atoms with Gasteiger partial charge in [-0.05, 0) is 18.4 Å². The molecule has 0 bridgehead atoms. The van der Waals surface area contributed by atoms with E-state index in [1.54, 1.807) is 0 Å². The first-order chi connectivity index (χ1) is 11.8. The Morgan fingerprint density at radius 1 is 1.33 bits per heavy atom. The number of benzene rings is 1. The number of hydrogen-bond acceptors (Lipinski definition) is 4. The summed E-state index contributed by atoms with van der Waals surface area (Å²) in [5.41, 5.74) is 1.32. The van der Waals surface area contributed by atoms with Crippen LogP contribution >= 0.6 is 0 Å². The number of amides is 1. The molecule has 1 N–H and O–H groups in total. The lowest BCUT2D eigenvalue weighted by Crippen LogP contribution is -2.54. The molecule has 2 fully saturated rings. The van der Waals surface area contributed by atoms with E-state index in [-0.39, 0.29) is 24.0 Å². The minimum Gasteiger partial charge on any atom is -0.381 e. The van der Waals surface area contributed by atoms with Gasteiger partial charge in [0.2, 0.25) is 5.91 Å². The Bertz CT molecular complexity index is 517. The van der Waals surface area contributed by atoms with Crippen molar-refractivity contribution in [3.8, 4) is 0 Å². The molecular weight excluding hydrogens is 304 g/mol. The van der Waals surface area contributed by atoms with E-state index in [4.69, 9.17) is 9.47 Å². The predicted octanol–water partition coefficient (Wildman–Crippen LogP) is 1.82. The molecule has 0 aliphatic carbocycles. The van der Waals surface area contributed by atoms with Gasteiger partial charge < -0.3 is 14.8 Å². The monoisotopic (exact) mass is 332 g/mol. The molecule has 0 unspecified atom stereocenters. The Balaban J connectivity index is 1.54. The highest BCUT2D eigenvalue weighted by molar-refractivity contribution is 5.79. The third-order valence-electron chi connectivity index (χ3n) is 4.94. The molecular formula is C19H28N2O3. The summed E-state index contributed by atoms with van der Waals surface area (Å²) in [6.07, 6.45) is 1.76. The normalized spacial score (nSPS) is 26.2. The first-order valence-electron chi connectivity index (χ1n) is 9.02. The zero-order valence-electron chi connectivity index (χ0n) is 14.4. The van der Waals surface area contributed by atoms with Crippen molar-refractivity contribution in [2.45, 2.75) is 38.5 Å². The van der Waals surface area contributed by atoms with Gasteiger partial charge in [-0.2, -0.15) is 0 Å². The van der Waals surface area contributed by atoms with Crippen molar-refractivity contribution >= 4 is 5.91 Å². The average molecular weight is 332 g/mol. The Morgan fingerprint density at radius 3 is 2.88 bits per heavy atom. The van der Waals surface area contributed by atoms with Crippen LogP contribution in [0.1, 0.15) is 25.3 Å². The number of ether oxygens (including phenoxy) is 2. The van der Waals surface area contributed by atoms with Gasteiger partial charge in [0.25, 0.3) is 0 Å². The van der Waals surface area contributed by atoms with Crippen LogP contribution in [0.25, 0.3) is 0 Å². The molecule has 2 aliphatic heterocycles. The van der Waals surface area contributed by atoms with Crippen LogP contribution in [0.15, 0.2) is 30.3 Å². The van der Waals surface area contributed by atoms with Crippen molar-refractivity contribution in [3.05, 3.63) is 35.9 Å². The van der Waals surface area contributed by atoms with Crippen molar-refractivity contribution in [1.29, 1.82) is 0 Å². The van der Waals surface area contributed by atoms with Gasteiger partial charge in [0, 0.05) is 26.2 Å². The van der Waals surface area contributed by atoms with Gasteiger partial charge in [-0.25, -0.2) is 0 Å². The average Bonchev–Trinajstić information content (AvgIpc) is 3.15. The van der Waals surface area contributed by atoms with Crippen LogP contribution < -0.4 is 5.32 Å². The van der Waals surface area contributed by atoms with E-state index < -0.39 is 0 Å². The fourth-order valence-electron chi connectivity index (χ4n) is 3.46. The largest absolute Gasteiger partial charge is 0.381 e. The Hall–Kier alpha value is -1.43. The zero-order chi connectivity index (χ0) is 16.8. The minimum atomic E-state index is 0.00284. The van der Waals surface area contributed by atoms with Gasteiger partial charge in [-0.15, -0.1) is 0 Å². The lowest BCUT2D eigenvalue weighted by molar-refractivity contribution is -0.128. The second-order valence-corrected chi connectivity index (χ2v) is 6.71. The number of rotatable bonds is 6. The summed E-state index contributed by atoms with van der Waals surface area (Å²) in [5, 5.41) is 3.19. The van der Waals surface area contributed by atoms with Crippen molar-refractivity contribution in [1.82, 2.24) is 10.2 Å². The molecule has 0 radical (unpaired) electrons. The SMILES string of the molecule is CC[C@H](NC(=O)[C@H]1CCOC1)[C@@H]1CN(Cc2ccccc2)CCO1. The maximum atomic E-state index is 12.4. The summed E-state index contributed by atoms with van der Waals surface area (Å²) in [6, 6.07) is 10.6. The third-order valence-corrected chi connectivity index (χ3v) is 4.94. The van der Waals surface area contributed by atoms with E-state index >= 15 is 0 Å². The first kappa shape index (κ1) is 17.4. The zero-order valence-corrected chi connectivity index (χ0v) is 14.4. The molecule has 3 atom stereocenters. The molecule has 2 aliphatic rings. The van der Waals surface area contributed by atoms with Gasteiger partial charge in [0.15, 0.2) is 0 Å². The fraction of sp³-hybridized carbons (Fsp3) is 0.632. The van der Waals surface area contributed by atoms with Crippen molar-refractivity contribution < 1.29 is 14.3 Å². The molecule has 0 aromatic heterocycles. The van der Waals surface area contributed by atoms with Crippen molar-refractivity contribution in [3.63, 3.8) is 0 Å². The summed E-state index contributed by atoms with van der Waals surface area (Å²) in [5.74, 6) is 0.117. The van der Waals surface area contributed by atoms with Crippen LogP contribution in [0, 0.1) is 5.92 Å². The van der Waals surface area contributed by atoms with Crippen LogP contribution in [0.4, 0.5) is 0 Å². The highest BCUT2D eigenvalue weighted by Gasteiger charge is 2.31. The highest BCUT2D eigenvalue weighted by atomic mass is 16.5. The molecule has 5 nitrogen and oxygen atoms in total. The summed E-state index contributed by atoms with van der Waals surface area (Å²) in [7, 11) is 0. The Kier molecular flexibility index (Phi) is 6.24. The number of nitrogens with zero attached hydrogens (tertiary/aromatic N) is 1. The van der Waals surface area contributed by atoms with Crippen molar-refractivity contribution in [2.24, 2.45) is 5.92 Å². The van der Waals surface area contributed by atoms with Gasteiger partial charge in [-0.3, -0.25) is 9.69 Å². The molecule has 2 saturated heterocycles. The molecule has 2 heterocycles. The number of hydrogen-bond donors (Lipinski definition) is 1. The van der Waals surface area contributed by atoms with E-state index in [9.17, 15) is 4.79 Å².